The van der Waals surface area contributed by atoms with Crippen molar-refractivity contribution in [2.75, 3.05) is 0 Å². The Hall–Kier alpha value is -1.63. The standard InChI is InChI=1S/C13H10F/c14-13(11-7-3-1-4-8-11)12-9-5-2-6-10-12/h1,3-10,13H. The molecular weight excluding hydrogens is 175 g/mol. The zero-order valence-electron chi connectivity index (χ0n) is 7.65. The fraction of sp³-hybridized carbons (Fsp3) is 0.0769. The number of hydrogen-bond acceptors (Lipinski definition) is 0. The third kappa shape index (κ3) is 1.82. The third-order valence-electron chi connectivity index (χ3n) is 2.13. The van der Waals surface area contributed by atoms with Crippen molar-refractivity contribution in [3.8, 4) is 0 Å². The molecule has 0 spiro atoms. The molecule has 1 heteroatoms. The molecule has 0 N–H and O–H groups in total. The molecule has 14 heavy (non-hydrogen) atoms. The second-order valence-electron chi connectivity index (χ2n) is 3.11. The fourth-order valence-electron chi connectivity index (χ4n) is 1.38. The van der Waals surface area contributed by atoms with Crippen LogP contribution in [-0.4, -0.2) is 0 Å². The minimum Gasteiger partial charge on any atom is -0.237 e. The Morgan fingerprint density at radius 1 is 0.857 bits per heavy atom. The van der Waals surface area contributed by atoms with Crippen molar-refractivity contribution in [1.29, 1.82) is 0 Å². The molecule has 1 unspecified atom stereocenters. The van der Waals surface area contributed by atoms with Crippen LogP contribution in [0, 0.1) is 6.07 Å². The van der Waals surface area contributed by atoms with E-state index in [9.17, 15) is 4.39 Å². The predicted octanol–water partition coefficient (Wildman–Crippen LogP) is 3.55. The summed E-state index contributed by atoms with van der Waals surface area (Å²) in [5, 5.41) is 0. The molecule has 1 radical (unpaired) electrons. The van der Waals surface area contributed by atoms with Gasteiger partial charge in [-0.2, -0.15) is 0 Å². The van der Waals surface area contributed by atoms with Gasteiger partial charge in [0.15, 0.2) is 6.17 Å². The van der Waals surface area contributed by atoms with Gasteiger partial charge >= 0.3 is 0 Å². The molecular formula is C13H10F. The Labute approximate surface area is 83.0 Å². The van der Waals surface area contributed by atoms with Gasteiger partial charge in [0, 0.05) is 0 Å². The van der Waals surface area contributed by atoms with Crippen LogP contribution in [0.25, 0.3) is 0 Å². The molecule has 69 valence electrons. The van der Waals surface area contributed by atoms with E-state index >= 15 is 0 Å². The molecule has 0 heterocycles. The maximum atomic E-state index is 13.9. The van der Waals surface area contributed by atoms with Gasteiger partial charge in [-0.3, -0.25) is 0 Å². The summed E-state index contributed by atoms with van der Waals surface area (Å²) in [4.78, 5) is 0. The summed E-state index contributed by atoms with van der Waals surface area (Å²) in [7, 11) is 0. The smallest absolute Gasteiger partial charge is 0.150 e. The molecule has 0 aliphatic heterocycles. The van der Waals surface area contributed by atoms with Crippen LogP contribution in [0.15, 0.2) is 54.6 Å². The lowest BCUT2D eigenvalue weighted by Gasteiger charge is -2.07. The largest absolute Gasteiger partial charge is 0.237 e. The Kier molecular flexibility index (Phi) is 2.59. The van der Waals surface area contributed by atoms with E-state index < -0.39 is 6.17 Å². The van der Waals surface area contributed by atoms with E-state index in [-0.39, 0.29) is 0 Å². The molecule has 0 saturated heterocycles. The van der Waals surface area contributed by atoms with Crippen molar-refractivity contribution in [2.45, 2.75) is 6.17 Å². The number of halogens is 1. The van der Waals surface area contributed by atoms with Gasteiger partial charge < -0.3 is 0 Å². The molecule has 0 aromatic heterocycles. The van der Waals surface area contributed by atoms with E-state index in [1.807, 2.05) is 18.2 Å². The van der Waals surface area contributed by atoms with E-state index in [0.29, 0.717) is 11.1 Å². The first-order valence-corrected chi connectivity index (χ1v) is 4.53. The van der Waals surface area contributed by atoms with Crippen molar-refractivity contribution in [3.05, 3.63) is 71.8 Å². The topological polar surface area (TPSA) is 0 Å². The number of rotatable bonds is 2. The van der Waals surface area contributed by atoms with Crippen molar-refractivity contribution in [3.63, 3.8) is 0 Å². The number of hydrogen-bond donors (Lipinski definition) is 0. The van der Waals surface area contributed by atoms with Gasteiger partial charge in [-0.25, -0.2) is 4.39 Å². The second kappa shape index (κ2) is 4.05. The average molecular weight is 185 g/mol. The van der Waals surface area contributed by atoms with E-state index in [2.05, 4.69) is 6.07 Å². The fourth-order valence-corrected chi connectivity index (χ4v) is 1.38. The molecule has 2 rings (SSSR count). The van der Waals surface area contributed by atoms with Crippen molar-refractivity contribution in [2.24, 2.45) is 0 Å². The van der Waals surface area contributed by atoms with Crippen LogP contribution in [0.3, 0.4) is 0 Å². The minimum absolute atomic E-state index is 0.676. The normalized spacial score (nSPS) is 10.4. The third-order valence-corrected chi connectivity index (χ3v) is 2.13. The number of benzene rings is 2. The second-order valence-corrected chi connectivity index (χ2v) is 3.11. The molecule has 0 bridgehead atoms. The quantitative estimate of drug-likeness (QED) is 0.671. The molecule has 0 amide bonds. The van der Waals surface area contributed by atoms with Gasteiger partial charge in [-0.05, 0) is 17.2 Å². The van der Waals surface area contributed by atoms with Crippen LogP contribution in [-0.2, 0) is 0 Å². The Morgan fingerprint density at radius 3 is 2.07 bits per heavy atom. The summed E-state index contributed by atoms with van der Waals surface area (Å²) < 4.78 is 13.9. The average Bonchev–Trinajstić information content (AvgIpc) is 2.30. The van der Waals surface area contributed by atoms with Crippen LogP contribution < -0.4 is 0 Å². The van der Waals surface area contributed by atoms with Crippen LogP contribution in [0.4, 0.5) is 4.39 Å². The first-order chi connectivity index (χ1) is 6.88. The summed E-state index contributed by atoms with van der Waals surface area (Å²) in [6.07, 6.45) is -1.04. The Bertz CT molecular complexity index is 341. The molecule has 0 fully saturated rings. The molecule has 0 aliphatic carbocycles. The van der Waals surface area contributed by atoms with Crippen LogP contribution in [0.5, 0.6) is 0 Å². The van der Waals surface area contributed by atoms with Gasteiger partial charge in [0.25, 0.3) is 0 Å². The minimum atomic E-state index is -1.04. The van der Waals surface area contributed by atoms with Crippen molar-refractivity contribution in [1.82, 2.24) is 0 Å². The molecule has 1 atom stereocenters. The van der Waals surface area contributed by atoms with E-state index in [4.69, 9.17) is 0 Å². The summed E-state index contributed by atoms with van der Waals surface area (Å²) in [6.45, 7) is 0. The summed E-state index contributed by atoms with van der Waals surface area (Å²) in [5.41, 5.74) is 1.37. The van der Waals surface area contributed by atoms with Gasteiger partial charge in [0.1, 0.15) is 0 Å². The van der Waals surface area contributed by atoms with Gasteiger partial charge in [-0.15, -0.1) is 0 Å². The molecule has 0 nitrogen and oxygen atoms in total. The number of alkyl halides is 1. The van der Waals surface area contributed by atoms with E-state index in [1.165, 1.54) is 0 Å². The van der Waals surface area contributed by atoms with Crippen LogP contribution in [0.1, 0.15) is 17.3 Å². The lowest BCUT2D eigenvalue weighted by atomic mass is 10.0. The zero-order valence-corrected chi connectivity index (χ0v) is 7.65. The summed E-state index contributed by atoms with van der Waals surface area (Å²) >= 11 is 0. The SMILES string of the molecule is FC(c1cc[c]cc1)c1ccccc1. The summed E-state index contributed by atoms with van der Waals surface area (Å²) in [6, 6.07) is 19.0. The predicted molar refractivity (Wildman–Crippen MR) is 54.7 cm³/mol. The first kappa shape index (κ1) is 8.95. The van der Waals surface area contributed by atoms with Crippen molar-refractivity contribution < 1.29 is 4.39 Å². The maximum absolute atomic E-state index is 13.9. The monoisotopic (exact) mass is 185 g/mol. The summed E-state index contributed by atoms with van der Waals surface area (Å²) in [5.74, 6) is 0. The maximum Gasteiger partial charge on any atom is 0.150 e. The Morgan fingerprint density at radius 2 is 1.43 bits per heavy atom. The van der Waals surface area contributed by atoms with Gasteiger partial charge in [-0.1, -0.05) is 54.6 Å². The highest BCUT2D eigenvalue weighted by Crippen LogP contribution is 2.24. The van der Waals surface area contributed by atoms with E-state index in [1.54, 1.807) is 36.4 Å². The highest BCUT2D eigenvalue weighted by atomic mass is 19.1. The molecule has 2 aromatic carbocycles. The molecule has 0 saturated carbocycles. The first-order valence-electron chi connectivity index (χ1n) is 4.53. The zero-order chi connectivity index (χ0) is 9.80. The van der Waals surface area contributed by atoms with Gasteiger partial charge in [0.05, 0.1) is 0 Å². The van der Waals surface area contributed by atoms with Crippen molar-refractivity contribution >= 4 is 0 Å². The van der Waals surface area contributed by atoms with Crippen LogP contribution >= 0.6 is 0 Å². The lowest BCUT2D eigenvalue weighted by molar-refractivity contribution is 0.402. The lowest BCUT2D eigenvalue weighted by Crippen LogP contribution is -1.92. The highest BCUT2D eigenvalue weighted by Gasteiger charge is 2.10. The molecule has 0 aliphatic rings. The van der Waals surface area contributed by atoms with Gasteiger partial charge in [0.2, 0.25) is 0 Å². The van der Waals surface area contributed by atoms with E-state index in [0.717, 1.165) is 0 Å². The molecule has 2 aromatic rings. The Balaban J connectivity index is 2.30. The highest BCUT2D eigenvalue weighted by molar-refractivity contribution is 5.29. The van der Waals surface area contributed by atoms with Crippen LogP contribution in [0.2, 0.25) is 0 Å².